The van der Waals surface area contributed by atoms with Crippen LogP contribution in [-0.2, 0) is 0 Å². The molecule has 0 saturated heterocycles. The average molecular weight is 808 g/mol. The first-order valence-electron chi connectivity index (χ1n) is 21.2. The summed E-state index contributed by atoms with van der Waals surface area (Å²) in [6.07, 6.45) is 0. The van der Waals surface area contributed by atoms with Gasteiger partial charge in [0.2, 0.25) is 0 Å². The Morgan fingerprint density at radius 2 is 0.629 bits per heavy atom. The van der Waals surface area contributed by atoms with Crippen LogP contribution in [0.25, 0.3) is 86.9 Å². The van der Waals surface area contributed by atoms with E-state index in [-0.39, 0.29) is 0 Å². The molecule has 0 unspecified atom stereocenters. The smallest absolute Gasteiger partial charge is 0.0540 e. The first-order valence-corrected chi connectivity index (χ1v) is 22.0. The van der Waals surface area contributed by atoms with Crippen molar-refractivity contribution in [2.75, 3.05) is 4.90 Å². The third-order valence-electron chi connectivity index (χ3n) is 11.9. The maximum absolute atomic E-state index is 2.42. The van der Waals surface area contributed by atoms with E-state index in [0.717, 1.165) is 22.6 Å². The van der Waals surface area contributed by atoms with Crippen molar-refractivity contribution >= 4 is 48.6 Å². The van der Waals surface area contributed by atoms with E-state index in [4.69, 9.17) is 0 Å². The van der Waals surface area contributed by atoms with Crippen LogP contribution >= 0.6 is 11.3 Å². The molecular weight excluding hydrogens is 767 g/mol. The van der Waals surface area contributed by atoms with E-state index in [9.17, 15) is 0 Å². The van der Waals surface area contributed by atoms with Gasteiger partial charge in [-0.05, 0) is 110 Å². The molecule has 0 atom stereocenters. The van der Waals surface area contributed by atoms with Crippen LogP contribution in [0.2, 0.25) is 0 Å². The third kappa shape index (κ3) is 6.97. The highest BCUT2D eigenvalue weighted by Crippen LogP contribution is 2.46. The largest absolute Gasteiger partial charge is 0.310 e. The van der Waals surface area contributed by atoms with Gasteiger partial charge in [0.05, 0.1) is 5.69 Å². The molecule has 292 valence electrons. The molecule has 0 fully saturated rings. The minimum Gasteiger partial charge on any atom is -0.310 e. The van der Waals surface area contributed by atoms with E-state index < -0.39 is 0 Å². The van der Waals surface area contributed by atoms with Crippen molar-refractivity contribution in [3.63, 3.8) is 0 Å². The zero-order valence-corrected chi connectivity index (χ0v) is 34.8. The van der Waals surface area contributed by atoms with E-state index in [1.54, 1.807) is 0 Å². The molecule has 0 radical (unpaired) electrons. The molecule has 0 aliphatic carbocycles. The van der Waals surface area contributed by atoms with Crippen molar-refractivity contribution in [1.82, 2.24) is 0 Å². The van der Waals surface area contributed by atoms with Gasteiger partial charge in [0, 0.05) is 37.1 Å². The highest BCUT2D eigenvalue weighted by molar-refractivity contribution is 7.25. The van der Waals surface area contributed by atoms with Crippen molar-refractivity contribution in [3.8, 4) is 66.8 Å². The van der Waals surface area contributed by atoms with Gasteiger partial charge in [0.1, 0.15) is 0 Å². The summed E-state index contributed by atoms with van der Waals surface area (Å²) in [7, 11) is 0. The summed E-state index contributed by atoms with van der Waals surface area (Å²) >= 11 is 1.86. The van der Waals surface area contributed by atoms with Gasteiger partial charge in [-0.1, -0.05) is 200 Å². The number of thiophene rings is 1. The van der Waals surface area contributed by atoms with E-state index >= 15 is 0 Å². The zero-order valence-electron chi connectivity index (χ0n) is 34.0. The number of para-hydroxylation sites is 1. The highest BCUT2D eigenvalue weighted by Gasteiger charge is 2.21. The van der Waals surface area contributed by atoms with Crippen molar-refractivity contribution in [1.29, 1.82) is 0 Å². The molecule has 2 heteroatoms. The third-order valence-corrected chi connectivity index (χ3v) is 13.1. The highest BCUT2D eigenvalue weighted by atomic mass is 32.1. The molecule has 10 aromatic carbocycles. The zero-order chi connectivity index (χ0) is 41.2. The van der Waals surface area contributed by atoms with E-state index in [1.807, 2.05) is 11.3 Å². The SMILES string of the molecule is c1ccc(-c2ccccc2-c2ccc(N(c3ccc(-c4ccc5sc6ccccc6c5c4)cc3)c3ccccc3-c3ccccc3-c3ccccc3-c3ccccc3)cc2)cc1. The molecule has 11 aromatic rings. The lowest BCUT2D eigenvalue weighted by atomic mass is 9.88. The Labute approximate surface area is 367 Å². The topological polar surface area (TPSA) is 3.24 Å². The summed E-state index contributed by atoms with van der Waals surface area (Å²) in [5, 5.41) is 2.62. The summed E-state index contributed by atoms with van der Waals surface area (Å²) in [4.78, 5) is 2.42. The first-order chi connectivity index (χ1) is 30.8. The number of benzene rings is 10. The molecule has 0 spiro atoms. The van der Waals surface area contributed by atoms with Crippen LogP contribution in [0.3, 0.4) is 0 Å². The molecule has 62 heavy (non-hydrogen) atoms. The average Bonchev–Trinajstić information content (AvgIpc) is 3.73. The molecular formula is C60H41NS. The Balaban J connectivity index is 1.05. The molecule has 11 rings (SSSR count). The van der Waals surface area contributed by atoms with Crippen LogP contribution in [0.4, 0.5) is 17.1 Å². The second-order valence-electron chi connectivity index (χ2n) is 15.6. The molecule has 1 nitrogen and oxygen atoms in total. The maximum atomic E-state index is 2.42. The second kappa shape index (κ2) is 16.3. The lowest BCUT2D eigenvalue weighted by Gasteiger charge is -2.29. The van der Waals surface area contributed by atoms with Crippen LogP contribution < -0.4 is 4.90 Å². The molecule has 0 N–H and O–H groups in total. The summed E-state index contributed by atoms with van der Waals surface area (Å²) < 4.78 is 2.64. The van der Waals surface area contributed by atoms with Gasteiger partial charge < -0.3 is 4.90 Å². The van der Waals surface area contributed by atoms with Crippen molar-refractivity contribution in [2.45, 2.75) is 0 Å². The number of nitrogens with zero attached hydrogens (tertiary/aromatic N) is 1. The second-order valence-corrected chi connectivity index (χ2v) is 16.7. The van der Waals surface area contributed by atoms with Gasteiger partial charge in [-0.15, -0.1) is 11.3 Å². The fourth-order valence-corrected chi connectivity index (χ4v) is 10.1. The Morgan fingerprint density at radius 3 is 1.23 bits per heavy atom. The molecule has 0 aliphatic heterocycles. The van der Waals surface area contributed by atoms with E-state index in [1.165, 1.54) is 81.4 Å². The molecule has 0 bridgehead atoms. The van der Waals surface area contributed by atoms with Crippen molar-refractivity contribution < 1.29 is 0 Å². The predicted octanol–water partition coefficient (Wildman–Crippen LogP) is 17.5. The maximum Gasteiger partial charge on any atom is 0.0540 e. The Morgan fingerprint density at radius 1 is 0.242 bits per heavy atom. The molecule has 0 saturated carbocycles. The minimum atomic E-state index is 1.08. The number of hydrogen-bond acceptors (Lipinski definition) is 2. The predicted molar refractivity (Wildman–Crippen MR) is 267 cm³/mol. The van der Waals surface area contributed by atoms with Crippen LogP contribution in [0, 0.1) is 0 Å². The van der Waals surface area contributed by atoms with Gasteiger partial charge in [-0.3, -0.25) is 0 Å². The van der Waals surface area contributed by atoms with Crippen LogP contribution in [-0.4, -0.2) is 0 Å². The van der Waals surface area contributed by atoms with Gasteiger partial charge in [0.25, 0.3) is 0 Å². The molecule has 0 amide bonds. The normalized spacial score (nSPS) is 11.2. The first kappa shape index (κ1) is 37.2. The van der Waals surface area contributed by atoms with Gasteiger partial charge in [-0.2, -0.15) is 0 Å². The number of fused-ring (bicyclic) bond motifs is 3. The fourth-order valence-electron chi connectivity index (χ4n) is 8.97. The fraction of sp³-hybridized carbons (Fsp3) is 0. The van der Waals surface area contributed by atoms with Gasteiger partial charge >= 0.3 is 0 Å². The number of rotatable bonds is 9. The number of hydrogen-bond donors (Lipinski definition) is 0. The Hall–Kier alpha value is -7.78. The number of anilines is 3. The van der Waals surface area contributed by atoms with Crippen molar-refractivity contribution in [3.05, 3.63) is 249 Å². The van der Waals surface area contributed by atoms with E-state index in [0.29, 0.717) is 0 Å². The Kier molecular flexibility index (Phi) is 9.82. The van der Waals surface area contributed by atoms with E-state index in [2.05, 4.69) is 254 Å². The van der Waals surface area contributed by atoms with Crippen molar-refractivity contribution in [2.24, 2.45) is 0 Å². The molecule has 1 aromatic heterocycles. The summed E-state index contributed by atoms with van der Waals surface area (Å²) in [5.74, 6) is 0. The van der Waals surface area contributed by atoms with Gasteiger partial charge in [-0.25, -0.2) is 0 Å². The Bertz CT molecular complexity index is 3330. The van der Waals surface area contributed by atoms with Crippen LogP contribution in [0.5, 0.6) is 0 Å². The summed E-state index contributed by atoms with van der Waals surface area (Å²) in [5.41, 5.74) is 17.6. The standard InChI is InChI=1S/C60H41NS/c1-3-17-43(18-4-1)49-21-7-8-22-50(49)45-33-38-48(39-34-45)61(47-36-31-42(32-37-47)46-35-40-60-57(41-46)56-28-14-16-30-59(56)62-60)58-29-15-13-27-55(58)54-26-12-11-25-53(54)52-24-10-9-23-51(52)44-19-5-2-6-20-44/h1-41H. The van der Waals surface area contributed by atoms with Crippen LogP contribution in [0.1, 0.15) is 0 Å². The monoisotopic (exact) mass is 807 g/mol. The quantitative estimate of drug-likeness (QED) is 0.140. The molecule has 0 aliphatic rings. The summed E-state index contributed by atoms with van der Waals surface area (Å²) in [6, 6.07) is 90.3. The lowest BCUT2D eigenvalue weighted by molar-refractivity contribution is 1.28. The lowest BCUT2D eigenvalue weighted by Crippen LogP contribution is -2.11. The van der Waals surface area contributed by atoms with Gasteiger partial charge in [0.15, 0.2) is 0 Å². The molecule has 1 heterocycles. The van der Waals surface area contributed by atoms with Crippen LogP contribution in [0.15, 0.2) is 249 Å². The summed E-state index contributed by atoms with van der Waals surface area (Å²) in [6.45, 7) is 0. The minimum absolute atomic E-state index is 1.08.